The van der Waals surface area contributed by atoms with Crippen molar-refractivity contribution in [3.05, 3.63) is 79.1 Å². The van der Waals surface area contributed by atoms with Gasteiger partial charge in [0.25, 0.3) is 5.91 Å². The molecule has 0 atom stereocenters. The third-order valence-electron chi connectivity index (χ3n) is 6.06. The largest absolute Gasteiger partial charge is 0.461 e. The molecule has 158 valence electrons. The lowest BCUT2D eigenvalue weighted by Gasteiger charge is -2.12. The van der Waals surface area contributed by atoms with Crippen LogP contribution in [0.25, 0.3) is 11.6 Å². The Morgan fingerprint density at radius 3 is 2.71 bits per heavy atom. The molecule has 2 aliphatic rings. The smallest absolute Gasteiger partial charge is 0.256 e. The van der Waals surface area contributed by atoms with Gasteiger partial charge in [0.05, 0.1) is 11.3 Å². The summed E-state index contributed by atoms with van der Waals surface area (Å²) in [6.45, 7) is 2.69. The van der Waals surface area contributed by atoms with Gasteiger partial charge in [-0.25, -0.2) is 0 Å². The van der Waals surface area contributed by atoms with E-state index in [0.717, 1.165) is 67.8 Å². The van der Waals surface area contributed by atoms with Crippen molar-refractivity contribution < 1.29 is 9.21 Å². The van der Waals surface area contributed by atoms with Crippen LogP contribution in [0.2, 0.25) is 0 Å². The van der Waals surface area contributed by atoms with E-state index in [-0.39, 0.29) is 5.91 Å². The monoisotopic (exact) mass is 540 g/mol. The summed E-state index contributed by atoms with van der Waals surface area (Å²) in [7, 11) is 0. The number of benzene rings is 2. The highest BCUT2D eigenvalue weighted by atomic mass is 79.9. The summed E-state index contributed by atoms with van der Waals surface area (Å²) in [6.07, 6.45) is 6.21. The Kier molecular flexibility index (Phi) is 5.52. The predicted molar refractivity (Wildman–Crippen MR) is 132 cm³/mol. The molecule has 4 nitrogen and oxygen atoms in total. The Labute approximate surface area is 198 Å². The first-order chi connectivity index (χ1) is 15.0. The molecule has 1 aliphatic heterocycles. The SMILES string of the molecule is Cc1c(Br)cc(Br)c2c1C(=Cc1oc3c(c1CNc1ccccc1)CCCC3)C(=O)N2. The van der Waals surface area contributed by atoms with Gasteiger partial charge in [0, 0.05) is 38.7 Å². The van der Waals surface area contributed by atoms with E-state index in [1.54, 1.807) is 0 Å². The van der Waals surface area contributed by atoms with Crippen molar-refractivity contribution in [2.24, 2.45) is 0 Å². The van der Waals surface area contributed by atoms with E-state index in [2.05, 4.69) is 54.6 Å². The second-order valence-corrected chi connectivity index (χ2v) is 9.71. The summed E-state index contributed by atoms with van der Waals surface area (Å²) in [4.78, 5) is 12.9. The van der Waals surface area contributed by atoms with Crippen LogP contribution < -0.4 is 10.6 Å². The van der Waals surface area contributed by atoms with Gasteiger partial charge in [-0.2, -0.15) is 0 Å². The molecule has 0 spiro atoms. The summed E-state index contributed by atoms with van der Waals surface area (Å²) >= 11 is 7.19. The lowest BCUT2D eigenvalue weighted by atomic mass is 9.93. The lowest BCUT2D eigenvalue weighted by molar-refractivity contribution is -0.110. The highest BCUT2D eigenvalue weighted by Gasteiger charge is 2.30. The Bertz CT molecular complexity index is 1210. The van der Waals surface area contributed by atoms with E-state index in [9.17, 15) is 4.79 Å². The van der Waals surface area contributed by atoms with Gasteiger partial charge in [0.15, 0.2) is 0 Å². The van der Waals surface area contributed by atoms with E-state index >= 15 is 0 Å². The van der Waals surface area contributed by atoms with Crippen LogP contribution in [0, 0.1) is 6.92 Å². The van der Waals surface area contributed by atoms with Crippen LogP contribution in [0.4, 0.5) is 11.4 Å². The number of fused-ring (bicyclic) bond motifs is 2. The molecule has 31 heavy (non-hydrogen) atoms. The number of halogens is 2. The van der Waals surface area contributed by atoms with Crippen LogP contribution in [0.1, 0.15) is 46.6 Å². The second kappa shape index (κ2) is 8.32. The number of rotatable bonds is 4. The zero-order valence-electron chi connectivity index (χ0n) is 17.1. The number of furan rings is 1. The van der Waals surface area contributed by atoms with Gasteiger partial charge in [-0.05, 0) is 77.5 Å². The summed E-state index contributed by atoms with van der Waals surface area (Å²) in [5.74, 6) is 1.74. The summed E-state index contributed by atoms with van der Waals surface area (Å²) < 4.78 is 8.16. The first-order valence-corrected chi connectivity index (χ1v) is 12.1. The molecule has 0 saturated heterocycles. The molecule has 0 saturated carbocycles. The summed E-state index contributed by atoms with van der Waals surface area (Å²) in [5, 5.41) is 6.53. The zero-order valence-corrected chi connectivity index (χ0v) is 20.3. The number of para-hydroxylation sites is 1. The van der Waals surface area contributed by atoms with E-state index in [1.807, 2.05) is 37.3 Å². The number of amides is 1. The topological polar surface area (TPSA) is 54.3 Å². The quantitative estimate of drug-likeness (QED) is 0.346. The van der Waals surface area contributed by atoms with Crippen molar-refractivity contribution in [2.45, 2.75) is 39.2 Å². The Balaban J connectivity index is 1.59. The molecular formula is C25H22Br2N2O2. The van der Waals surface area contributed by atoms with Crippen LogP contribution in [-0.4, -0.2) is 5.91 Å². The number of carbonyl (C=O) groups is 1. The molecule has 1 aliphatic carbocycles. The van der Waals surface area contributed by atoms with E-state index in [1.165, 1.54) is 12.0 Å². The van der Waals surface area contributed by atoms with E-state index in [4.69, 9.17) is 4.42 Å². The fourth-order valence-electron chi connectivity index (χ4n) is 4.45. The first kappa shape index (κ1) is 20.6. The summed E-state index contributed by atoms with van der Waals surface area (Å²) in [6, 6.07) is 12.1. The number of anilines is 2. The van der Waals surface area contributed by atoms with Crippen LogP contribution >= 0.6 is 31.9 Å². The molecule has 0 bridgehead atoms. The molecule has 6 heteroatoms. The second-order valence-electron chi connectivity index (χ2n) is 8.00. The minimum absolute atomic E-state index is 0.103. The van der Waals surface area contributed by atoms with Crippen molar-refractivity contribution in [2.75, 3.05) is 10.6 Å². The van der Waals surface area contributed by atoms with Gasteiger partial charge in [0.1, 0.15) is 11.5 Å². The molecule has 0 fully saturated rings. The van der Waals surface area contributed by atoms with E-state index < -0.39 is 0 Å². The van der Waals surface area contributed by atoms with Crippen molar-refractivity contribution in [1.82, 2.24) is 0 Å². The molecule has 2 N–H and O–H groups in total. The van der Waals surface area contributed by atoms with Gasteiger partial charge in [-0.1, -0.05) is 34.1 Å². The average molecular weight is 542 g/mol. The minimum Gasteiger partial charge on any atom is -0.461 e. The molecular weight excluding hydrogens is 520 g/mol. The average Bonchev–Trinajstić information content (AvgIpc) is 3.29. The highest BCUT2D eigenvalue weighted by Crippen LogP contribution is 2.44. The zero-order chi connectivity index (χ0) is 21.5. The molecule has 1 aromatic heterocycles. The normalized spacial score (nSPS) is 16.2. The Morgan fingerprint density at radius 1 is 1.13 bits per heavy atom. The maximum Gasteiger partial charge on any atom is 0.256 e. The number of carbonyl (C=O) groups excluding carboxylic acids is 1. The van der Waals surface area contributed by atoms with Gasteiger partial charge >= 0.3 is 0 Å². The van der Waals surface area contributed by atoms with Gasteiger partial charge < -0.3 is 15.1 Å². The molecule has 5 rings (SSSR count). The minimum atomic E-state index is -0.103. The van der Waals surface area contributed by atoms with Crippen molar-refractivity contribution in [3.63, 3.8) is 0 Å². The molecule has 2 heterocycles. The third kappa shape index (κ3) is 3.76. The van der Waals surface area contributed by atoms with Crippen LogP contribution in [-0.2, 0) is 24.2 Å². The van der Waals surface area contributed by atoms with Crippen molar-refractivity contribution >= 4 is 60.8 Å². The molecule has 2 aromatic carbocycles. The maximum absolute atomic E-state index is 12.9. The van der Waals surface area contributed by atoms with Crippen LogP contribution in [0.15, 0.2) is 49.8 Å². The number of nitrogens with one attached hydrogen (secondary N) is 2. The predicted octanol–water partition coefficient (Wildman–Crippen LogP) is 7.10. The first-order valence-electron chi connectivity index (χ1n) is 10.5. The van der Waals surface area contributed by atoms with Gasteiger partial charge in [0.2, 0.25) is 0 Å². The molecule has 1 amide bonds. The van der Waals surface area contributed by atoms with E-state index in [0.29, 0.717) is 12.1 Å². The molecule has 0 radical (unpaired) electrons. The van der Waals surface area contributed by atoms with Gasteiger partial charge in [-0.15, -0.1) is 0 Å². The number of hydrogen-bond acceptors (Lipinski definition) is 3. The third-order valence-corrected chi connectivity index (χ3v) is 7.51. The number of hydrogen-bond donors (Lipinski definition) is 2. The van der Waals surface area contributed by atoms with Crippen molar-refractivity contribution in [3.8, 4) is 0 Å². The Hall–Kier alpha value is -2.31. The fraction of sp³-hybridized carbons (Fsp3) is 0.240. The van der Waals surface area contributed by atoms with Gasteiger partial charge in [-0.3, -0.25) is 4.79 Å². The lowest BCUT2D eigenvalue weighted by Crippen LogP contribution is -2.06. The van der Waals surface area contributed by atoms with Crippen molar-refractivity contribution in [1.29, 1.82) is 0 Å². The number of aryl methyl sites for hydroxylation is 1. The Morgan fingerprint density at radius 2 is 1.90 bits per heavy atom. The fourth-order valence-corrected chi connectivity index (χ4v) is 5.71. The molecule has 3 aromatic rings. The standard InChI is InChI=1S/C25H22Br2N2O2/c1-14-19(26)12-20(27)24-23(14)17(25(30)29-24)11-22-18(13-28-15-7-3-2-4-8-15)16-9-5-6-10-21(16)31-22/h2-4,7-8,11-12,28H,5-6,9-10,13H2,1H3,(H,29,30). The van der Waals surface area contributed by atoms with Crippen LogP contribution in [0.5, 0.6) is 0 Å². The maximum atomic E-state index is 12.9. The highest BCUT2D eigenvalue weighted by molar-refractivity contribution is 9.11. The molecule has 0 unspecified atom stereocenters. The summed E-state index contributed by atoms with van der Waals surface area (Å²) in [5.41, 5.74) is 6.93. The van der Waals surface area contributed by atoms with Crippen LogP contribution in [0.3, 0.4) is 0 Å².